The van der Waals surface area contributed by atoms with E-state index < -0.39 is 0 Å². The average molecular weight is 243 g/mol. The molecule has 0 aromatic carbocycles. The van der Waals surface area contributed by atoms with E-state index >= 15 is 0 Å². The molecule has 0 saturated carbocycles. The molecule has 0 aliphatic carbocycles. The van der Waals surface area contributed by atoms with Crippen LogP contribution in [0.15, 0.2) is 0 Å². The Kier molecular flexibility index (Phi) is 3.16. The van der Waals surface area contributed by atoms with Crippen LogP contribution in [0.2, 0.25) is 5.02 Å². The topological polar surface area (TPSA) is 50.2 Å². The molecule has 2 heterocycles. The van der Waals surface area contributed by atoms with Gasteiger partial charge in [-0.3, -0.25) is 9.48 Å². The zero-order valence-corrected chi connectivity index (χ0v) is 10.2. The van der Waals surface area contributed by atoms with Crippen LogP contribution in [0, 0.1) is 6.92 Å². The van der Waals surface area contributed by atoms with E-state index in [0.29, 0.717) is 18.1 Å². The molecule has 0 radical (unpaired) electrons. The Morgan fingerprint density at radius 1 is 1.56 bits per heavy atom. The molecule has 88 valence electrons. The van der Waals surface area contributed by atoms with Crippen LogP contribution in [0.1, 0.15) is 11.4 Å². The molecule has 1 fully saturated rings. The van der Waals surface area contributed by atoms with Crippen molar-refractivity contribution in [1.29, 1.82) is 0 Å². The van der Waals surface area contributed by atoms with E-state index in [-0.39, 0.29) is 5.91 Å². The predicted octanol–water partition coefficient (Wildman–Crippen LogP) is 0.314. The third-order valence-corrected chi connectivity index (χ3v) is 3.28. The molecular weight excluding hydrogens is 228 g/mol. The maximum Gasteiger partial charge on any atom is 0.236 e. The second kappa shape index (κ2) is 4.43. The number of nitrogens with zero attached hydrogens (tertiary/aromatic N) is 3. The van der Waals surface area contributed by atoms with Gasteiger partial charge in [0.1, 0.15) is 0 Å². The minimum absolute atomic E-state index is 0.112. The van der Waals surface area contributed by atoms with Gasteiger partial charge >= 0.3 is 0 Å². The normalized spacial score (nSPS) is 16.9. The Hall–Kier alpha value is -1.07. The average Bonchev–Trinajstić information content (AvgIpc) is 2.48. The van der Waals surface area contributed by atoms with Crippen molar-refractivity contribution in [2.75, 3.05) is 19.6 Å². The fraction of sp³-hybridized carbons (Fsp3) is 0.600. The summed E-state index contributed by atoms with van der Waals surface area (Å²) in [5, 5.41) is 7.93. The number of halogens is 1. The van der Waals surface area contributed by atoms with E-state index in [1.807, 2.05) is 14.0 Å². The number of carbonyl (C=O) groups excluding carboxylic acids is 1. The molecule has 2 rings (SSSR count). The van der Waals surface area contributed by atoms with Gasteiger partial charge in [0, 0.05) is 20.1 Å². The van der Waals surface area contributed by atoms with Gasteiger partial charge in [-0.15, -0.1) is 0 Å². The standard InChI is InChI=1S/C10H15ClN4O/c1-7-10(11)8(14(2)13-7)6-15-4-3-12-5-9(15)16/h12H,3-6H2,1-2H3. The third-order valence-electron chi connectivity index (χ3n) is 2.79. The highest BCUT2D eigenvalue weighted by molar-refractivity contribution is 6.31. The van der Waals surface area contributed by atoms with Gasteiger partial charge in [-0.2, -0.15) is 5.10 Å². The number of aromatic nitrogens is 2. The maximum atomic E-state index is 11.6. The lowest BCUT2D eigenvalue weighted by Gasteiger charge is -2.27. The first-order valence-corrected chi connectivity index (χ1v) is 5.64. The number of rotatable bonds is 2. The first kappa shape index (κ1) is 11.4. The van der Waals surface area contributed by atoms with Gasteiger partial charge in [-0.25, -0.2) is 0 Å². The SMILES string of the molecule is Cc1nn(C)c(CN2CCNCC2=O)c1Cl. The molecule has 1 saturated heterocycles. The van der Waals surface area contributed by atoms with Crippen molar-refractivity contribution in [2.24, 2.45) is 7.05 Å². The number of aryl methyl sites for hydroxylation is 2. The summed E-state index contributed by atoms with van der Waals surface area (Å²) in [5.74, 6) is 0.112. The molecule has 1 amide bonds. The van der Waals surface area contributed by atoms with Gasteiger partial charge in [0.05, 0.1) is 29.5 Å². The summed E-state index contributed by atoms with van der Waals surface area (Å²) in [6.07, 6.45) is 0. The Labute approximate surface area is 99.4 Å². The fourth-order valence-electron chi connectivity index (χ4n) is 1.85. The van der Waals surface area contributed by atoms with Crippen LogP contribution < -0.4 is 5.32 Å². The van der Waals surface area contributed by atoms with E-state index in [9.17, 15) is 4.79 Å². The lowest BCUT2D eigenvalue weighted by Crippen LogP contribution is -2.47. The predicted molar refractivity (Wildman–Crippen MR) is 61.2 cm³/mol. The van der Waals surface area contributed by atoms with E-state index in [0.717, 1.165) is 24.5 Å². The van der Waals surface area contributed by atoms with Crippen molar-refractivity contribution in [3.63, 3.8) is 0 Å². The first-order chi connectivity index (χ1) is 7.59. The highest BCUT2D eigenvalue weighted by atomic mass is 35.5. The van der Waals surface area contributed by atoms with Gasteiger partial charge in [0.15, 0.2) is 0 Å². The van der Waals surface area contributed by atoms with Crippen LogP contribution in [0.25, 0.3) is 0 Å². The Morgan fingerprint density at radius 2 is 2.31 bits per heavy atom. The Balaban J connectivity index is 2.16. The number of nitrogens with one attached hydrogen (secondary N) is 1. The number of amides is 1. The molecule has 6 heteroatoms. The van der Waals surface area contributed by atoms with Crippen molar-refractivity contribution in [2.45, 2.75) is 13.5 Å². The number of hydrogen-bond acceptors (Lipinski definition) is 3. The van der Waals surface area contributed by atoms with Gasteiger partial charge in [-0.1, -0.05) is 11.6 Å². The van der Waals surface area contributed by atoms with Gasteiger partial charge in [-0.05, 0) is 6.92 Å². The zero-order chi connectivity index (χ0) is 11.7. The molecule has 5 nitrogen and oxygen atoms in total. The van der Waals surface area contributed by atoms with Crippen molar-refractivity contribution in [1.82, 2.24) is 20.0 Å². The van der Waals surface area contributed by atoms with Crippen LogP contribution in [0.4, 0.5) is 0 Å². The summed E-state index contributed by atoms with van der Waals surface area (Å²) >= 11 is 6.14. The fourth-order valence-corrected chi connectivity index (χ4v) is 2.07. The highest BCUT2D eigenvalue weighted by Crippen LogP contribution is 2.21. The molecule has 0 bridgehead atoms. The van der Waals surface area contributed by atoms with Gasteiger partial charge in [0.25, 0.3) is 0 Å². The minimum atomic E-state index is 0.112. The van der Waals surface area contributed by atoms with Gasteiger partial charge in [0.2, 0.25) is 5.91 Å². The quantitative estimate of drug-likeness (QED) is 0.813. The summed E-state index contributed by atoms with van der Waals surface area (Å²) in [5.41, 5.74) is 1.70. The van der Waals surface area contributed by atoms with Crippen LogP contribution in [0.5, 0.6) is 0 Å². The maximum absolute atomic E-state index is 11.6. The molecule has 0 atom stereocenters. The Morgan fingerprint density at radius 3 is 2.88 bits per heavy atom. The number of hydrogen-bond donors (Lipinski definition) is 1. The molecule has 1 aliphatic rings. The summed E-state index contributed by atoms with van der Waals surface area (Å²) in [4.78, 5) is 13.4. The number of piperazine rings is 1. The lowest BCUT2D eigenvalue weighted by molar-refractivity contribution is -0.132. The molecule has 1 aliphatic heterocycles. The van der Waals surface area contributed by atoms with Crippen molar-refractivity contribution in [3.05, 3.63) is 16.4 Å². The molecule has 0 spiro atoms. The summed E-state index contributed by atoms with van der Waals surface area (Å²) in [7, 11) is 1.85. The molecule has 1 aromatic heterocycles. The molecular formula is C10H15ClN4O. The largest absolute Gasteiger partial charge is 0.334 e. The monoisotopic (exact) mass is 242 g/mol. The number of carbonyl (C=O) groups is 1. The lowest BCUT2D eigenvalue weighted by atomic mass is 10.3. The van der Waals surface area contributed by atoms with Crippen molar-refractivity contribution >= 4 is 17.5 Å². The molecule has 0 unspecified atom stereocenters. The third kappa shape index (κ3) is 2.05. The zero-order valence-electron chi connectivity index (χ0n) is 9.46. The van der Waals surface area contributed by atoms with Crippen LogP contribution in [-0.4, -0.2) is 40.2 Å². The van der Waals surface area contributed by atoms with E-state index in [1.165, 1.54) is 0 Å². The second-order valence-electron chi connectivity index (χ2n) is 3.96. The van der Waals surface area contributed by atoms with Crippen LogP contribution in [-0.2, 0) is 18.4 Å². The Bertz CT molecular complexity index is 415. The van der Waals surface area contributed by atoms with Crippen LogP contribution >= 0.6 is 11.6 Å². The second-order valence-corrected chi connectivity index (χ2v) is 4.34. The van der Waals surface area contributed by atoms with Gasteiger partial charge < -0.3 is 10.2 Å². The smallest absolute Gasteiger partial charge is 0.236 e. The van der Waals surface area contributed by atoms with E-state index in [4.69, 9.17) is 11.6 Å². The van der Waals surface area contributed by atoms with E-state index in [2.05, 4.69) is 10.4 Å². The summed E-state index contributed by atoms with van der Waals surface area (Å²) in [6.45, 7) is 4.37. The minimum Gasteiger partial charge on any atom is -0.334 e. The van der Waals surface area contributed by atoms with Crippen molar-refractivity contribution < 1.29 is 4.79 Å². The molecule has 16 heavy (non-hydrogen) atoms. The molecule has 1 N–H and O–H groups in total. The molecule has 1 aromatic rings. The summed E-state index contributed by atoms with van der Waals surface area (Å²) in [6, 6.07) is 0. The van der Waals surface area contributed by atoms with Crippen LogP contribution in [0.3, 0.4) is 0 Å². The highest BCUT2D eigenvalue weighted by Gasteiger charge is 2.21. The van der Waals surface area contributed by atoms with E-state index in [1.54, 1.807) is 9.58 Å². The first-order valence-electron chi connectivity index (χ1n) is 5.26. The van der Waals surface area contributed by atoms with Crippen molar-refractivity contribution in [3.8, 4) is 0 Å². The summed E-state index contributed by atoms with van der Waals surface area (Å²) < 4.78 is 1.74.